The molecule has 1 saturated carbocycles. The van der Waals surface area contributed by atoms with Gasteiger partial charge in [-0.2, -0.15) is 0 Å². The van der Waals surface area contributed by atoms with Gasteiger partial charge in [0, 0.05) is 18.8 Å². The highest BCUT2D eigenvalue weighted by Gasteiger charge is 2.26. The van der Waals surface area contributed by atoms with Gasteiger partial charge in [0.25, 0.3) is 0 Å². The molecule has 1 aliphatic carbocycles. The van der Waals surface area contributed by atoms with Crippen LogP contribution in [0.4, 0.5) is 0 Å². The molecule has 0 aromatic carbocycles. The van der Waals surface area contributed by atoms with Crippen LogP contribution in [0.1, 0.15) is 24.3 Å². The molecule has 1 aromatic heterocycles. The maximum Gasteiger partial charge on any atom is 0.158 e. The van der Waals surface area contributed by atoms with Crippen molar-refractivity contribution in [1.82, 2.24) is 4.98 Å². The first-order valence-corrected chi connectivity index (χ1v) is 4.38. The summed E-state index contributed by atoms with van der Waals surface area (Å²) in [4.78, 5) is 15.2. The highest BCUT2D eigenvalue weighted by Crippen LogP contribution is 2.34. The van der Waals surface area contributed by atoms with E-state index in [0.29, 0.717) is 12.3 Å². The fourth-order valence-electron chi connectivity index (χ4n) is 1.72. The predicted molar refractivity (Wildman–Crippen MR) is 50.4 cm³/mol. The van der Waals surface area contributed by atoms with E-state index in [1.165, 1.54) is 5.56 Å². The first-order chi connectivity index (χ1) is 6.27. The number of Topliss-reactive ketones (excluding diaryl/α,β-unsaturated/α-hetero) is 1. The molecule has 0 amide bonds. The number of allylic oxidation sites excluding steroid dienone is 1. The number of rotatable bonds is 1. The third-order valence-corrected chi connectivity index (χ3v) is 2.50. The molecule has 13 heavy (non-hydrogen) atoms. The lowest BCUT2D eigenvalue weighted by molar-refractivity contribution is -0.114. The minimum Gasteiger partial charge on any atom is -0.295 e. The summed E-state index contributed by atoms with van der Waals surface area (Å²) < 4.78 is 0. The van der Waals surface area contributed by atoms with Crippen LogP contribution in [0, 0.1) is 0 Å². The van der Waals surface area contributed by atoms with Gasteiger partial charge in [0.05, 0.1) is 0 Å². The molecule has 0 radical (unpaired) electrons. The molecule has 2 nitrogen and oxygen atoms in total. The molecule has 1 heterocycles. The highest BCUT2D eigenvalue weighted by molar-refractivity contribution is 5.97. The average Bonchev–Trinajstić information content (AvgIpc) is 2.49. The number of carbonyl (C=O) groups is 1. The van der Waals surface area contributed by atoms with Crippen molar-refractivity contribution >= 4 is 5.78 Å². The maximum atomic E-state index is 11.2. The summed E-state index contributed by atoms with van der Waals surface area (Å²) >= 11 is 0. The largest absolute Gasteiger partial charge is 0.295 e. The van der Waals surface area contributed by atoms with Crippen LogP contribution >= 0.6 is 0 Å². The third-order valence-electron chi connectivity index (χ3n) is 2.50. The van der Waals surface area contributed by atoms with Gasteiger partial charge in [-0.15, -0.1) is 0 Å². The van der Waals surface area contributed by atoms with Crippen molar-refractivity contribution in [3.05, 3.63) is 42.2 Å². The summed E-state index contributed by atoms with van der Waals surface area (Å²) in [6.07, 6.45) is 4.95. The number of aromatic nitrogens is 1. The van der Waals surface area contributed by atoms with Crippen molar-refractivity contribution < 1.29 is 4.79 Å². The Balaban J connectivity index is 2.21. The normalized spacial score (nSPS) is 22.3. The van der Waals surface area contributed by atoms with E-state index in [-0.39, 0.29) is 5.78 Å². The molecule has 0 aliphatic heterocycles. The topological polar surface area (TPSA) is 30.0 Å². The van der Waals surface area contributed by atoms with Gasteiger partial charge in [-0.3, -0.25) is 9.78 Å². The average molecular weight is 173 g/mol. The van der Waals surface area contributed by atoms with Crippen LogP contribution in [-0.4, -0.2) is 10.8 Å². The fourth-order valence-corrected chi connectivity index (χ4v) is 1.72. The third kappa shape index (κ3) is 1.52. The number of pyridine rings is 1. The second-order valence-corrected chi connectivity index (χ2v) is 3.41. The lowest BCUT2D eigenvalue weighted by Crippen LogP contribution is -1.93. The van der Waals surface area contributed by atoms with Crippen LogP contribution in [0.25, 0.3) is 0 Å². The molecule has 0 saturated heterocycles. The van der Waals surface area contributed by atoms with E-state index in [4.69, 9.17) is 0 Å². The zero-order valence-corrected chi connectivity index (χ0v) is 7.36. The van der Waals surface area contributed by atoms with Gasteiger partial charge < -0.3 is 0 Å². The zero-order valence-electron chi connectivity index (χ0n) is 7.36. The Morgan fingerprint density at radius 3 is 2.54 bits per heavy atom. The molecule has 1 aromatic rings. The van der Waals surface area contributed by atoms with Gasteiger partial charge in [0.15, 0.2) is 5.78 Å². The second-order valence-electron chi connectivity index (χ2n) is 3.41. The van der Waals surface area contributed by atoms with Gasteiger partial charge in [0.2, 0.25) is 0 Å². The van der Waals surface area contributed by atoms with Crippen molar-refractivity contribution in [1.29, 1.82) is 0 Å². The second kappa shape index (κ2) is 3.13. The van der Waals surface area contributed by atoms with Crippen molar-refractivity contribution in [2.45, 2.75) is 18.8 Å². The molecular formula is C11H11NO. The molecular weight excluding hydrogens is 162 g/mol. The molecule has 0 N–H and O–H groups in total. The van der Waals surface area contributed by atoms with Gasteiger partial charge >= 0.3 is 0 Å². The quantitative estimate of drug-likeness (QED) is 0.608. The molecule has 66 valence electrons. The van der Waals surface area contributed by atoms with E-state index >= 15 is 0 Å². The number of ketones is 1. The van der Waals surface area contributed by atoms with E-state index in [1.807, 2.05) is 12.1 Å². The van der Waals surface area contributed by atoms with Crippen LogP contribution in [0.2, 0.25) is 0 Å². The van der Waals surface area contributed by atoms with Crippen molar-refractivity contribution in [2.24, 2.45) is 0 Å². The first kappa shape index (κ1) is 8.17. The van der Waals surface area contributed by atoms with Crippen LogP contribution in [-0.2, 0) is 4.79 Å². The standard InChI is InChI=1S/C11H11NO/c1-8-6-10(7-11(8)13)9-2-4-12-5-3-9/h2-5,10H,1,6-7H2. The highest BCUT2D eigenvalue weighted by atomic mass is 16.1. The molecule has 0 spiro atoms. The van der Waals surface area contributed by atoms with Gasteiger partial charge in [0.1, 0.15) is 0 Å². The molecule has 1 atom stereocenters. The lowest BCUT2D eigenvalue weighted by atomic mass is 9.99. The number of carbonyl (C=O) groups excluding carboxylic acids is 1. The van der Waals surface area contributed by atoms with Crippen LogP contribution in [0.5, 0.6) is 0 Å². The Labute approximate surface area is 77.3 Å². The predicted octanol–water partition coefficient (Wildman–Crippen LogP) is 2.08. The van der Waals surface area contributed by atoms with Crippen LogP contribution in [0.15, 0.2) is 36.7 Å². The molecule has 1 fully saturated rings. The van der Waals surface area contributed by atoms with Crippen molar-refractivity contribution in [3.63, 3.8) is 0 Å². The first-order valence-electron chi connectivity index (χ1n) is 4.38. The fraction of sp³-hybridized carbons (Fsp3) is 0.273. The molecule has 1 unspecified atom stereocenters. The van der Waals surface area contributed by atoms with Crippen molar-refractivity contribution in [3.8, 4) is 0 Å². The summed E-state index contributed by atoms with van der Waals surface area (Å²) in [6, 6.07) is 3.94. The minimum atomic E-state index is 0.210. The Morgan fingerprint density at radius 1 is 1.31 bits per heavy atom. The summed E-state index contributed by atoms with van der Waals surface area (Å²) in [6.45, 7) is 3.75. The number of nitrogens with zero attached hydrogens (tertiary/aromatic N) is 1. The Kier molecular flexibility index (Phi) is 1.97. The maximum absolute atomic E-state index is 11.2. The van der Waals surface area contributed by atoms with E-state index < -0.39 is 0 Å². The van der Waals surface area contributed by atoms with Crippen molar-refractivity contribution in [2.75, 3.05) is 0 Å². The molecule has 2 heteroatoms. The monoisotopic (exact) mass is 173 g/mol. The molecule has 2 rings (SSSR count). The lowest BCUT2D eigenvalue weighted by Gasteiger charge is -2.06. The molecule has 1 aliphatic rings. The smallest absolute Gasteiger partial charge is 0.158 e. The Bertz CT molecular complexity index is 326. The Hall–Kier alpha value is -1.44. The summed E-state index contributed by atoms with van der Waals surface area (Å²) in [5.74, 6) is 0.546. The number of hydrogen-bond acceptors (Lipinski definition) is 2. The summed E-state index contributed by atoms with van der Waals surface area (Å²) in [5, 5.41) is 0. The summed E-state index contributed by atoms with van der Waals surface area (Å²) in [7, 11) is 0. The van der Waals surface area contributed by atoms with E-state index in [0.717, 1.165) is 12.0 Å². The van der Waals surface area contributed by atoms with E-state index in [1.54, 1.807) is 12.4 Å². The van der Waals surface area contributed by atoms with Gasteiger partial charge in [-0.1, -0.05) is 6.58 Å². The van der Waals surface area contributed by atoms with Gasteiger partial charge in [-0.25, -0.2) is 0 Å². The van der Waals surface area contributed by atoms with Crippen LogP contribution in [0.3, 0.4) is 0 Å². The van der Waals surface area contributed by atoms with E-state index in [2.05, 4.69) is 11.6 Å². The number of hydrogen-bond donors (Lipinski definition) is 0. The minimum absolute atomic E-state index is 0.210. The summed E-state index contributed by atoms with van der Waals surface area (Å²) in [5.41, 5.74) is 1.96. The Morgan fingerprint density at radius 2 is 2.00 bits per heavy atom. The van der Waals surface area contributed by atoms with Crippen LogP contribution < -0.4 is 0 Å². The molecule has 0 bridgehead atoms. The zero-order chi connectivity index (χ0) is 9.26. The van der Waals surface area contributed by atoms with E-state index in [9.17, 15) is 4.79 Å². The van der Waals surface area contributed by atoms with Gasteiger partial charge in [-0.05, 0) is 35.6 Å². The SMILES string of the molecule is C=C1CC(c2ccncc2)CC1=O.